The van der Waals surface area contributed by atoms with Crippen molar-refractivity contribution in [1.29, 1.82) is 0 Å². The maximum absolute atomic E-state index is 11.9. The Morgan fingerprint density at radius 3 is 2.56 bits per heavy atom. The maximum Gasteiger partial charge on any atom is 0.152 e. The molecule has 0 radical (unpaired) electrons. The number of carbonyl (C=O) groups excluding carboxylic acids is 2. The molecule has 1 aliphatic rings. The Labute approximate surface area is 98.2 Å². The predicted octanol–water partition coefficient (Wildman–Crippen LogP) is 1.90. The van der Waals surface area contributed by atoms with E-state index in [2.05, 4.69) is 4.90 Å². The third-order valence-corrected chi connectivity index (χ3v) is 3.30. The highest BCUT2D eigenvalue weighted by Crippen LogP contribution is 2.19. The molecule has 1 unspecified atom stereocenters. The van der Waals surface area contributed by atoms with Gasteiger partial charge in [-0.2, -0.15) is 0 Å². The van der Waals surface area contributed by atoms with Crippen molar-refractivity contribution in [3.05, 3.63) is 0 Å². The first-order valence-electron chi connectivity index (χ1n) is 6.13. The van der Waals surface area contributed by atoms with Crippen LogP contribution in [0.4, 0.5) is 0 Å². The highest BCUT2D eigenvalue weighted by molar-refractivity contribution is 5.86. The lowest BCUT2D eigenvalue weighted by Gasteiger charge is -2.32. The van der Waals surface area contributed by atoms with Crippen LogP contribution in [-0.2, 0) is 9.59 Å². The highest BCUT2D eigenvalue weighted by Gasteiger charge is 2.29. The minimum Gasteiger partial charge on any atom is -0.299 e. The van der Waals surface area contributed by atoms with Crippen LogP contribution in [0.15, 0.2) is 0 Å². The van der Waals surface area contributed by atoms with Gasteiger partial charge in [0.15, 0.2) is 5.78 Å². The molecule has 0 aromatic rings. The smallest absolute Gasteiger partial charge is 0.152 e. The highest BCUT2D eigenvalue weighted by atomic mass is 16.1. The van der Waals surface area contributed by atoms with Gasteiger partial charge in [-0.1, -0.05) is 27.7 Å². The molecule has 0 aromatic carbocycles. The van der Waals surface area contributed by atoms with E-state index < -0.39 is 0 Å². The van der Waals surface area contributed by atoms with Crippen LogP contribution in [0.5, 0.6) is 0 Å². The summed E-state index contributed by atoms with van der Waals surface area (Å²) < 4.78 is 0. The van der Waals surface area contributed by atoms with Gasteiger partial charge in [0.2, 0.25) is 0 Å². The fourth-order valence-corrected chi connectivity index (χ4v) is 1.92. The molecule has 0 amide bonds. The zero-order valence-electron chi connectivity index (χ0n) is 10.9. The third kappa shape index (κ3) is 3.41. The number of Topliss-reactive ketones (excluding diaryl/α,β-unsaturated/α-hetero) is 2. The lowest BCUT2D eigenvalue weighted by Crippen LogP contribution is -2.44. The number of ketones is 2. The Balaban J connectivity index is 2.51. The van der Waals surface area contributed by atoms with Gasteiger partial charge in [-0.15, -0.1) is 0 Å². The molecule has 1 saturated heterocycles. The minimum absolute atomic E-state index is 0.140. The van der Waals surface area contributed by atoms with E-state index in [0.29, 0.717) is 18.7 Å². The van der Waals surface area contributed by atoms with Gasteiger partial charge in [0, 0.05) is 30.8 Å². The van der Waals surface area contributed by atoms with E-state index in [1.54, 1.807) is 0 Å². The molecule has 1 fully saturated rings. The molecule has 0 aliphatic carbocycles. The van der Waals surface area contributed by atoms with E-state index in [1.807, 2.05) is 27.7 Å². The molecular weight excluding hydrogens is 202 g/mol. The van der Waals surface area contributed by atoms with Crippen molar-refractivity contribution >= 4 is 11.6 Å². The van der Waals surface area contributed by atoms with E-state index in [9.17, 15) is 9.59 Å². The van der Waals surface area contributed by atoms with Crippen molar-refractivity contribution in [1.82, 2.24) is 4.90 Å². The second-order valence-electron chi connectivity index (χ2n) is 5.73. The van der Waals surface area contributed by atoms with Crippen LogP contribution in [0, 0.1) is 11.3 Å². The summed E-state index contributed by atoms with van der Waals surface area (Å²) in [6.07, 6.45) is 1.50. The molecule has 1 rings (SSSR count). The van der Waals surface area contributed by atoms with Crippen LogP contribution in [0.1, 0.15) is 40.5 Å². The number of nitrogens with zero attached hydrogens (tertiary/aromatic N) is 1. The quantitative estimate of drug-likeness (QED) is 0.736. The molecule has 0 saturated carbocycles. The van der Waals surface area contributed by atoms with Crippen molar-refractivity contribution < 1.29 is 9.59 Å². The Morgan fingerprint density at radius 1 is 1.44 bits per heavy atom. The van der Waals surface area contributed by atoms with Crippen LogP contribution < -0.4 is 0 Å². The summed E-state index contributed by atoms with van der Waals surface area (Å²) in [5.74, 6) is 0.764. The van der Waals surface area contributed by atoms with Crippen molar-refractivity contribution in [2.45, 2.75) is 40.5 Å². The predicted molar refractivity (Wildman–Crippen MR) is 64.3 cm³/mol. The SMILES string of the molecule is CCC1CN(CC(=O)C(C)(C)C)CCC1=O. The van der Waals surface area contributed by atoms with Gasteiger partial charge in [0.05, 0.1) is 6.54 Å². The topological polar surface area (TPSA) is 37.4 Å². The van der Waals surface area contributed by atoms with Gasteiger partial charge in [-0.25, -0.2) is 0 Å². The van der Waals surface area contributed by atoms with Crippen molar-refractivity contribution in [3.8, 4) is 0 Å². The first-order valence-corrected chi connectivity index (χ1v) is 6.13. The molecule has 0 bridgehead atoms. The molecule has 1 heterocycles. The number of piperidine rings is 1. The molecule has 0 N–H and O–H groups in total. The standard InChI is InChI=1S/C13H23NO2/c1-5-10-8-14(7-6-11(10)15)9-12(16)13(2,3)4/h10H,5-9H2,1-4H3. The summed E-state index contributed by atoms with van der Waals surface area (Å²) in [6, 6.07) is 0. The van der Waals surface area contributed by atoms with Gasteiger partial charge in [0.1, 0.15) is 5.78 Å². The fraction of sp³-hybridized carbons (Fsp3) is 0.846. The van der Waals surface area contributed by atoms with Gasteiger partial charge in [-0.3, -0.25) is 14.5 Å². The van der Waals surface area contributed by atoms with E-state index in [-0.39, 0.29) is 17.1 Å². The summed E-state index contributed by atoms with van der Waals surface area (Å²) >= 11 is 0. The monoisotopic (exact) mass is 225 g/mol. The van der Waals surface area contributed by atoms with Gasteiger partial charge >= 0.3 is 0 Å². The Hall–Kier alpha value is -0.700. The van der Waals surface area contributed by atoms with Gasteiger partial charge in [0.25, 0.3) is 0 Å². The molecule has 1 atom stereocenters. The Bertz CT molecular complexity index is 278. The van der Waals surface area contributed by atoms with Crippen LogP contribution in [0.3, 0.4) is 0 Å². The molecule has 3 heteroatoms. The lowest BCUT2D eigenvalue weighted by molar-refractivity contribution is -0.132. The van der Waals surface area contributed by atoms with E-state index >= 15 is 0 Å². The Kier molecular flexibility index (Phi) is 4.25. The normalized spacial score (nSPS) is 23.5. The molecule has 1 aliphatic heterocycles. The van der Waals surface area contributed by atoms with Crippen LogP contribution in [0.25, 0.3) is 0 Å². The van der Waals surface area contributed by atoms with Crippen molar-refractivity contribution in [2.75, 3.05) is 19.6 Å². The van der Waals surface area contributed by atoms with Crippen LogP contribution in [0.2, 0.25) is 0 Å². The van der Waals surface area contributed by atoms with E-state index in [4.69, 9.17) is 0 Å². The lowest BCUT2D eigenvalue weighted by atomic mass is 9.89. The average Bonchev–Trinajstić information content (AvgIpc) is 2.19. The third-order valence-electron chi connectivity index (χ3n) is 3.30. The number of hydrogen-bond acceptors (Lipinski definition) is 3. The van der Waals surface area contributed by atoms with Crippen molar-refractivity contribution in [3.63, 3.8) is 0 Å². The first kappa shape index (κ1) is 13.4. The molecule has 3 nitrogen and oxygen atoms in total. The summed E-state index contributed by atoms with van der Waals surface area (Å²) in [6.45, 7) is 9.88. The van der Waals surface area contributed by atoms with Gasteiger partial charge in [-0.05, 0) is 6.42 Å². The molecular formula is C13H23NO2. The number of carbonyl (C=O) groups is 2. The zero-order chi connectivity index (χ0) is 12.3. The minimum atomic E-state index is -0.275. The zero-order valence-corrected chi connectivity index (χ0v) is 10.9. The largest absolute Gasteiger partial charge is 0.299 e. The average molecular weight is 225 g/mol. The number of hydrogen-bond donors (Lipinski definition) is 0. The van der Waals surface area contributed by atoms with E-state index in [1.165, 1.54) is 0 Å². The molecule has 92 valence electrons. The summed E-state index contributed by atoms with van der Waals surface area (Å²) in [5.41, 5.74) is -0.275. The fourth-order valence-electron chi connectivity index (χ4n) is 1.92. The van der Waals surface area contributed by atoms with E-state index in [0.717, 1.165) is 19.5 Å². The van der Waals surface area contributed by atoms with Crippen LogP contribution in [-0.4, -0.2) is 36.1 Å². The summed E-state index contributed by atoms with van der Waals surface area (Å²) in [7, 11) is 0. The van der Waals surface area contributed by atoms with Crippen molar-refractivity contribution in [2.24, 2.45) is 11.3 Å². The van der Waals surface area contributed by atoms with Gasteiger partial charge < -0.3 is 0 Å². The summed E-state index contributed by atoms with van der Waals surface area (Å²) in [5, 5.41) is 0. The van der Waals surface area contributed by atoms with Crippen LogP contribution >= 0.6 is 0 Å². The second-order valence-corrected chi connectivity index (χ2v) is 5.73. The first-order chi connectivity index (χ1) is 7.34. The Morgan fingerprint density at radius 2 is 2.06 bits per heavy atom. The molecule has 16 heavy (non-hydrogen) atoms. The second kappa shape index (κ2) is 5.09. The maximum atomic E-state index is 11.9. The molecule has 0 spiro atoms. The number of likely N-dealkylation sites (tertiary alicyclic amines) is 1. The molecule has 0 aromatic heterocycles. The number of rotatable bonds is 3. The summed E-state index contributed by atoms with van der Waals surface area (Å²) in [4.78, 5) is 25.6.